The number of ether oxygens (including phenoxy) is 2. The van der Waals surface area contributed by atoms with E-state index in [2.05, 4.69) is 26.8 Å². The average molecular weight is 400 g/mol. The summed E-state index contributed by atoms with van der Waals surface area (Å²) < 4.78 is 12.0. The first-order valence-electron chi connectivity index (χ1n) is 9.14. The first kappa shape index (κ1) is 17.6. The Morgan fingerprint density at radius 2 is 2.20 bits per heavy atom. The number of imidazole rings is 1. The molecule has 1 aliphatic heterocycles. The van der Waals surface area contributed by atoms with Gasteiger partial charge in [0.15, 0.2) is 11.5 Å². The lowest BCUT2D eigenvalue weighted by Crippen LogP contribution is -2.20. The third-order valence-corrected chi connectivity index (χ3v) is 4.91. The summed E-state index contributed by atoms with van der Waals surface area (Å²) in [6.07, 6.45) is 1.03. The molecule has 4 aromatic rings. The van der Waals surface area contributed by atoms with Gasteiger partial charge in [-0.3, -0.25) is 5.32 Å². The largest absolute Gasteiger partial charge is 0.497 e. The Morgan fingerprint density at radius 3 is 3.03 bits per heavy atom. The summed E-state index contributed by atoms with van der Waals surface area (Å²) in [6.45, 7) is 0.225. The molecule has 3 N–H and O–H groups in total. The maximum absolute atomic E-state index is 11.6. The summed E-state index contributed by atoms with van der Waals surface area (Å²) in [6, 6.07) is 15.3. The third-order valence-electron chi connectivity index (χ3n) is 4.91. The number of rotatable bonds is 4. The fraction of sp³-hybridized carbons (Fsp3) is 0.0952. The lowest BCUT2D eigenvalue weighted by molar-refractivity contribution is 0.151. The molecule has 3 heterocycles. The van der Waals surface area contributed by atoms with Gasteiger partial charge in [0.2, 0.25) is 0 Å². The van der Waals surface area contributed by atoms with E-state index >= 15 is 0 Å². The zero-order chi connectivity index (χ0) is 20.7. The van der Waals surface area contributed by atoms with Crippen LogP contribution >= 0.6 is 0 Å². The zero-order valence-corrected chi connectivity index (χ0v) is 15.9. The van der Waals surface area contributed by atoms with Crippen LogP contribution in [0.4, 0.5) is 22.0 Å². The molecule has 9 nitrogen and oxygen atoms in total. The number of aromatic amines is 1. The quantitative estimate of drug-likeness (QED) is 0.476. The second kappa shape index (κ2) is 6.86. The molecule has 0 saturated heterocycles. The summed E-state index contributed by atoms with van der Waals surface area (Å²) in [7, 11) is 1.61. The minimum Gasteiger partial charge on any atom is -0.497 e. The Labute approximate surface area is 170 Å². The molecule has 2 aromatic heterocycles. The summed E-state index contributed by atoms with van der Waals surface area (Å²) in [5, 5.41) is 19.9. The SMILES string of the molecule is COc1cccc(Nc2c(-c3ccc4c(c3)NC(=O)OC4)[nH]c3c(C#N)cnn23)c1. The first-order valence-corrected chi connectivity index (χ1v) is 9.14. The van der Waals surface area contributed by atoms with Gasteiger partial charge in [-0.15, -0.1) is 0 Å². The van der Waals surface area contributed by atoms with E-state index in [1.54, 1.807) is 11.6 Å². The number of benzene rings is 2. The van der Waals surface area contributed by atoms with Crippen molar-refractivity contribution >= 4 is 28.9 Å². The van der Waals surface area contributed by atoms with E-state index in [9.17, 15) is 10.1 Å². The Bertz CT molecular complexity index is 1330. The number of aromatic nitrogens is 3. The highest BCUT2D eigenvalue weighted by atomic mass is 16.5. The molecular weight excluding hydrogens is 384 g/mol. The fourth-order valence-corrected chi connectivity index (χ4v) is 3.43. The average Bonchev–Trinajstić information content (AvgIpc) is 3.33. The summed E-state index contributed by atoms with van der Waals surface area (Å²) in [4.78, 5) is 14.9. The monoisotopic (exact) mass is 400 g/mol. The molecule has 5 rings (SSSR count). The van der Waals surface area contributed by atoms with Gasteiger partial charge in [-0.2, -0.15) is 14.9 Å². The van der Waals surface area contributed by atoms with Crippen molar-refractivity contribution in [1.29, 1.82) is 5.26 Å². The van der Waals surface area contributed by atoms with Crippen molar-refractivity contribution in [2.24, 2.45) is 0 Å². The maximum atomic E-state index is 11.6. The Kier molecular flexibility index (Phi) is 4.03. The van der Waals surface area contributed by atoms with Gasteiger partial charge in [0.1, 0.15) is 24.0 Å². The predicted molar refractivity (Wildman–Crippen MR) is 110 cm³/mol. The predicted octanol–water partition coefficient (Wildman–Crippen LogP) is 4.02. The molecule has 0 aliphatic carbocycles. The summed E-state index contributed by atoms with van der Waals surface area (Å²) in [5.41, 5.74) is 4.90. The van der Waals surface area contributed by atoms with Crippen LogP contribution in [0.2, 0.25) is 0 Å². The van der Waals surface area contributed by atoms with Crippen LogP contribution in [0.1, 0.15) is 11.1 Å². The minimum absolute atomic E-state index is 0.225. The lowest BCUT2D eigenvalue weighted by Gasteiger charge is -2.18. The molecular formula is C21H16N6O3. The molecule has 30 heavy (non-hydrogen) atoms. The number of amides is 1. The third kappa shape index (κ3) is 2.87. The van der Waals surface area contributed by atoms with Crippen LogP contribution in [-0.2, 0) is 11.3 Å². The van der Waals surface area contributed by atoms with Crippen molar-refractivity contribution in [3.8, 4) is 23.1 Å². The summed E-state index contributed by atoms with van der Waals surface area (Å²) >= 11 is 0. The van der Waals surface area contributed by atoms with Crippen molar-refractivity contribution in [1.82, 2.24) is 14.6 Å². The number of H-pyrrole nitrogens is 1. The zero-order valence-electron chi connectivity index (χ0n) is 15.9. The Hall–Kier alpha value is -4.45. The van der Waals surface area contributed by atoms with Crippen LogP contribution in [0.5, 0.6) is 5.75 Å². The van der Waals surface area contributed by atoms with Crippen LogP contribution in [0, 0.1) is 11.3 Å². The van der Waals surface area contributed by atoms with Crippen LogP contribution in [0.3, 0.4) is 0 Å². The number of hydrogen-bond donors (Lipinski definition) is 3. The highest BCUT2D eigenvalue weighted by Crippen LogP contribution is 2.35. The van der Waals surface area contributed by atoms with Crippen LogP contribution in [-0.4, -0.2) is 27.8 Å². The van der Waals surface area contributed by atoms with Gasteiger partial charge in [-0.1, -0.05) is 18.2 Å². The van der Waals surface area contributed by atoms with E-state index in [1.165, 1.54) is 6.20 Å². The van der Waals surface area contributed by atoms with Crippen LogP contribution in [0.15, 0.2) is 48.7 Å². The topological polar surface area (TPSA) is 116 Å². The van der Waals surface area contributed by atoms with Gasteiger partial charge in [-0.25, -0.2) is 4.79 Å². The van der Waals surface area contributed by atoms with Gasteiger partial charge in [0.25, 0.3) is 0 Å². The molecule has 0 bridgehead atoms. The lowest BCUT2D eigenvalue weighted by atomic mass is 10.1. The molecule has 2 aromatic carbocycles. The molecule has 9 heteroatoms. The standard InChI is InChI=1S/C21H16N6O3/c1-29-16-4-2-3-15(8-16)24-20-18(26-19-14(9-22)10-23-27(19)20)12-5-6-13-11-30-21(28)25-17(13)7-12/h2-8,10,24,26H,11H2,1H3,(H,25,28). The number of nitrogens with one attached hydrogen (secondary N) is 3. The second-order valence-corrected chi connectivity index (χ2v) is 6.71. The van der Waals surface area contributed by atoms with Gasteiger partial charge in [0.05, 0.1) is 24.7 Å². The molecule has 0 radical (unpaired) electrons. The number of methoxy groups -OCH3 is 1. The second-order valence-electron chi connectivity index (χ2n) is 6.71. The molecule has 0 spiro atoms. The van der Waals surface area contributed by atoms with E-state index in [0.29, 0.717) is 28.5 Å². The number of fused-ring (bicyclic) bond motifs is 2. The number of anilines is 3. The van der Waals surface area contributed by atoms with E-state index in [0.717, 1.165) is 22.5 Å². The Morgan fingerprint density at radius 1 is 1.30 bits per heavy atom. The van der Waals surface area contributed by atoms with Gasteiger partial charge in [-0.05, 0) is 18.2 Å². The first-order chi connectivity index (χ1) is 14.7. The van der Waals surface area contributed by atoms with Gasteiger partial charge in [0, 0.05) is 22.9 Å². The summed E-state index contributed by atoms with van der Waals surface area (Å²) in [5.74, 6) is 1.36. The van der Waals surface area contributed by atoms with Crippen molar-refractivity contribution in [2.45, 2.75) is 6.61 Å². The molecule has 0 unspecified atom stereocenters. The molecule has 1 aliphatic rings. The molecule has 0 saturated carbocycles. The van der Waals surface area contributed by atoms with Crippen LogP contribution in [0.25, 0.3) is 16.9 Å². The molecule has 148 valence electrons. The number of hydrogen-bond acceptors (Lipinski definition) is 6. The van der Waals surface area contributed by atoms with Gasteiger partial charge < -0.3 is 19.8 Å². The molecule has 0 fully saturated rings. The maximum Gasteiger partial charge on any atom is 0.411 e. The number of nitriles is 1. The number of carbonyl (C=O) groups excluding carboxylic acids is 1. The minimum atomic E-state index is -0.484. The van der Waals surface area contributed by atoms with Crippen molar-refractivity contribution in [2.75, 3.05) is 17.7 Å². The van der Waals surface area contributed by atoms with E-state index in [1.807, 2.05) is 42.5 Å². The van der Waals surface area contributed by atoms with E-state index in [-0.39, 0.29) is 6.61 Å². The fourth-order valence-electron chi connectivity index (χ4n) is 3.43. The van der Waals surface area contributed by atoms with Gasteiger partial charge >= 0.3 is 6.09 Å². The highest BCUT2D eigenvalue weighted by molar-refractivity contribution is 5.90. The normalized spacial score (nSPS) is 12.6. The molecule has 1 amide bonds. The van der Waals surface area contributed by atoms with E-state index in [4.69, 9.17) is 9.47 Å². The number of cyclic esters (lactones) is 1. The van der Waals surface area contributed by atoms with Crippen molar-refractivity contribution < 1.29 is 14.3 Å². The Balaban J connectivity index is 1.65. The van der Waals surface area contributed by atoms with Crippen molar-refractivity contribution in [3.05, 3.63) is 59.8 Å². The van der Waals surface area contributed by atoms with E-state index < -0.39 is 6.09 Å². The number of carbonyl (C=O) groups is 1. The van der Waals surface area contributed by atoms with Crippen molar-refractivity contribution in [3.63, 3.8) is 0 Å². The smallest absolute Gasteiger partial charge is 0.411 e. The van der Waals surface area contributed by atoms with Crippen LogP contribution < -0.4 is 15.4 Å². The molecule has 0 atom stereocenters. The number of nitrogens with zero attached hydrogens (tertiary/aromatic N) is 3. The highest BCUT2D eigenvalue weighted by Gasteiger charge is 2.21.